The van der Waals surface area contributed by atoms with Gasteiger partial charge in [-0.05, 0) is 25.3 Å². The molecule has 0 aromatic heterocycles. The average molecular weight is 129 g/mol. The van der Waals surface area contributed by atoms with Crippen molar-refractivity contribution in [1.29, 1.82) is 0 Å². The highest BCUT2D eigenvalue weighted by atomic mass is 32.2. The zero-order valence-electron chi connectivity index (χ0n) is 5.05. The van der Waals surface area contributed by atoms with E-state index in [1.165, 1.54) is 12.8 Å². The number of hydrogen-bond acceptors (Lipinski definition) is 2. The Bertz CT molecular complexity index is 90.5. The lowest BCUT2D eigenvalue weighted by Gasteiger charge is -2.16. The Kier molecular flexibility index (Phi) is 2.27. The lowest BCUT2D eigenvalue weighted by Crippen LogP contribution is -2.22. The highest BCUT2D eigenvalue weighted by molar-refractivity contribution is 7.99. The molecule has 1 N–H and O–H groups in total. The second kappa shape index (κ2) is 3.02. The first-order chi connectivity index (χ1) is 3.93. The molecule has 0 aromatic rings. The van der Waals surface area contributed by atoms with Crippen LogP contribution in [0.2, 0.25) is 0 Å². The van der Waals surface area contributed by atoms with E-state index in [0.717, 1.165) is 0 Å². The Morgan fingerprint density at radius 2 is 2.62 bits per heavy atom. The SMILES string of the molecule is CSC1CCC=CN1. The van der Waals surface area contributed by atoms with E-state index in [1.807, 2.05) is 18.0 Å². The van der Waals surface area contributed by atoms with Gasteiger partial charge < -0.3 is 5.32 Å². The van der Waals surface area contributed by atoms with E-state index < -0.39 is 0 Å². The smallest absolute Gasteiger partial charge is 0.0717 e. The third kappa shape index (κ3) is 1.44. The van der Waals surface area contributed by atoms with Gasteiger partial charge in [0.25, 0.3) is 0 Å². The van der Waals surface area contributed by atoms with Gasteiger partial charge in [0.05, 0.1) is 5.37 Å². The predicted octanol–water partition coefficient (Wildman–Crippen LogP) is 1.57. The first-order valence-corrected chi connectivity index (χ1v) is 4.16. The van der Waals surface area contributed by atoms with E-state index in [0.29, 0.717) is 5.37 Å². The van der Waals surface area contributed by atoms with Gasteiger partial charge in [-0.3, -0.25) is 0 Å². The van der Waals surface area contributed by atoms with Crippen molar-refractivity contribution in [2.45, 2.75) is 18.2 Å². The Morgan fingerprint density at radius 3 is 3.00 bits per heavy atom. The standard InChI is InChI=1S/C6H11NS/c1-8-6-4-2-3-5-7-6/h3,5-7H,2,4H2,1H3. The van der Waals surface area contributed by atoms with Crippen LogP contribution < -0.4 is 5.32 Å². The normalized spacial score (nSPS) is 27.4. The third-order valence-electron chi connectivity index (χ3n) is 1.28. The molecule has 1 unspecified atom stereocenters. The molecule has 0 spiro atoms. The van der Waals surface area contributed by atoms with Gasteiger partial charge in [0, 0.05) is 0 Å². The molecule has 0 saturated carbocycles. The fourth-order valence-corrected chi connectivity index (χ4v) is 1.36. The first-order valence-electron chi connectivity index (χ1n) is 2.87. The van der Waals surface area contributed by atoms with Crippen LogP contribution in [0.5, 0.6) is 0 Å². The van der Waals surface area contributed by atoms with Crippen molar-refractivity contribution in [3.63, 3.8) is 0 Å². The van der Waals surface area contributed by atoms with Gasteiger partial charge in [-0.1, -0.05) is 6.08 Å². The van der Waals surface area contributed by atoms with Crippen LogP contribution in [0.3, 0.4) is 0 Å². The van der Waals surface area contributed by atoms with Gasteiger partial charge in [-0.15, -0.1) is 11.8 Å². The summed E-state index contributed by atoms with van der Waals surface area (Å²) >= 11 is 1.88. The Balaban J connectivity index is 2.27. The zero-order valence-corrected chi connectivity index (χ0v) is 5.87. The molecule has 0 fully saturated rings. The highest BCUT2D eigenvalue weighted by Crippen LogP contribution is 2.12. The second-order valence-electron chi connectivity index (χ2n) is 1.87. The molecule has 0 radical (unpaired) electrons. The van der Waals surface area contributed by atoms with Crippen molar-refractivity contribution in [2.24, 2.45) is 0 Å². The molecule has 2 heteroatoms. The molecule has 1 aliphatic rings. The summed E-state index contributed by atoms with van der Waals surface area (Å²) in [6.45, 7) is 0. The average Bonchev–Trinajstić information content (AvgIpc) is 1.90. The van der Waals surface area contributed by atoms with E-state index in [2.05, 4.69) is 17.6 Å². The number of rotatable bonds is 1. The maximum Gasteiger partial charge on any atom is 0.0717 e. The van der Waals surface area contributed by atoms with Gasteiger partial charge in [0.15, 0.2) is 0 Å². The van der Waals surface area contributed by atoms with Crippen molar-refractivity contribution in [3.8, 4) is 0 Å². The molecule has 0 aromatic carbocycles. The maximum atomic E-state index is 3.25. The molecule has 0 saturated heterocycles. The van der Waals surface area contributed by atoms with Crippen molar-refractivity contribution in [2.75, 3.05) is 6.26 Å². The monoisotopic (exact) mass is 129 g/mol. The van der Waals surface area contributed by atoms with Gasteiger partial charge in [0.1, 0.15) is 0 Å². The van der Waals surface area contributed by atoms with Crippen molar-refractivity contribution >= 4 is 11.8 Å². The number of nitrogens with one attached hydrogen (secondary N) is 1. The highest BCUT2D eigenvalue weighted by Gasteiger charge is 2.04. The van der Waals surface area contributed by atoms with E-state index in [1.54, 1.807) is 0 Å². The van der Waals surface area contributed by atoms with Crippen molar-refractivity contribution in [3.05, 3.63) is 12.3 Å². The summed E-state index contributed by atoms with van der Waals surface area (Å²) in [6, 6.07) is 0. The summed E-state index contributed by atoms with van der Waals surface area (Å²) in [6.07, 6.45) is 8.87. The molecular formula is C6H11NS. The van der Waals surface area contributed by atoms with Crippen LogP contribution in [-0.4, -0.2) is 11.6 Å². The van der Waals surface area contributed by atoms with Crippen LogP contribution in [0.1, 0.15) is 12.8 Å². The minimum atomic E-state index is 0.667. The van der Waals surface area contributed by atoms with Gasteiger partial charge in [-0.25, -0.2) is 0 Å². The first kappa shape index (κ1) is 6.02. The van der Waals surface area contributed by atoms with Crippen LogP contribution >= 0.6 is 11.8 Å². The van der Waals surface area contributed by atoms with Crippen molar-refractivity contribution in [1.82, 2.24) is 5.32 Å². The Labute approximate surface area is 54.5 Å². The summed E-state index contributed by atoms with van der Waals surface area (Å²) < 4.78 is 0. The van der Waals surface area contributed by atoms with E-state index >= 15 is 0 Å². The minimum Gasteiger partial charge on any atom is -0.379 e. The quantitative estimate of drug-likeness (QED) is 0.577. The minimum absolute atomic E-state index is 0.667. The van der Waals surface area contributed by atoms with Gasteiger partial charge in [0.2, 0.25) is 0 Å². The van der Waals surface area contributed by atoms with Crippen LogP contribution in [0.15, 0.2) is 12.3 Å². The fraction of sp³-hybridized carbons (Fsp3) is 0.667. The molecule has 1 nitrogen and oxygen atoms in total. The number of hydrogen-bond donors (Lipinski definition) is 1. The number of allylic oxidation sites excluding steroid dienone is 1. The largest absolute Gasteiger partial charge is 0.379 e. The molecule has 1 heterocycles. The van der Waals surface area contributed by atoms with E-state index in [-0.39, 0.29) is 0 Å². The topological polar surface area (TPSA) is 12.0 Å². The second-order valence-corrected chi connectivity index (χ2v) is 2.91. The molecule has 0 bridgehead atoms. The van der Waals surface area contributed by atoms with Crippen molar-refractivity contribution < 1.29 is 0 Å². The van der Waals surface area contributed by atoms with E-state index in [4.69, 9.17) is 0 Å². The summed E-state index contributed by atoms with van der Waals surface area (Å²) in [4.78, 5) is 0. The lowest BCUT2D eigenvalue weighted by molar-refractivity contribution is 0.681. The lowest BCUT2D eigenvalue weighted by atomic mass is 10.2. The third-order valence-corrected chi connectivity index (χ3v) is 2.22. The number of thioether (sulfide) groups is 1. The summed E-state index contributed by atoms with van der Waals surface area (Å²) in [7, 11) is 0. The van der Waals surface area contributed by atoms with E-state index in [9.17, 15) is 0 Å². The zero-order chi connectivity index (χ0) is 5.82. The Hall–Kier alpha value is -0.110. The molecular weight excluding hydrogens is 118 g/mol. The fourth-order valence-electron chi connectivity index (χ4n) is 0.776. The van der Waals surface area contributed by atoms with Crippen LogP contribution in [0.25, 0.3) is 0 Å². The molecule has 8 heavy (non-hydrogen) atoms. The van der Waals surface area contributed by atoms with Crippen LogP contribution in [-0.2, 0) is 0 Å². The van der Waals surface area contributed by atoms with Gasteiger partial charge >= 0.3 is 0 Å². The van der Waals surface area contributed by atoms with Gasteiger partial charge in [-0.2, -0.15) is 0 Å². The summed E-state index contributed by atoms with van der Waals surface area (Å²) in [5.74, 6) is 0. The predicted molar refractivity (Wildman–Crippen MR) is 38.8 cm³/mol. The molecule has 46 valence electrons. The molecule has 1 atom stereocenters. The van der Waals surface area contributed by atoms with Crippen LogP contribution in [0.4, 0.5) is 0 Å². The molecule has 1 rings (SSSR count). The summed E-state index contributed by atoms with van der Waals surface area (Å²) in [5.41, 5.74) is 0. The Morgan fingerprint density at radius 1 is 1.75 bits per heavy atom. The van der Waals surface area contributed by atoms with Crippen LogP contribution in [0, 0.1) is 0 Å². The maximum absolute atomic E-state index is 3.25. The molecule has 0 aliphatic carbocycles. The summed E-state index contributed by atoms with van der Waals surface area (Å²) in [5, 5.41) is 3.92. The molecule has 1 aliphatic heterocycles. The molecule has 0 amide bonds.